The van der Waals surface area contributed by atoms with Gasteiger partial charge in [-0.15, -0.1) is 11.3 Å². The average Bonchev–Trinajstić information content (AvgIpc) is 2.69. The van der Waals surface area contributed by atoms with Crippen LogP contribution in [0.1, 0.15) is 24.3 Å². The number of hydrogen-bond donors (Lipinski definition) is 2. The fraction of sp³-hybridized carbons (Fsp3) is 0.636. The molecule has 1 rings (SSSR count). The summed E-state index contributed by atoms with van der Waals surface area (Å²) < 4.78 is 32.2. The Kier molecular flexibility index (Phi) is 5.74. The van der Waals surface area contributed by atoms with Gasteiger partial charge in [0.2, 0.25) is 10.0 Å². The van der Waals surface area contributed by atoms with Crippen molar-refractivity contribution in [1.29, 1.82) is 0 Å². The van der Waals surface area contributed by atoms with E-state index in [1.165, 1.54) is 11.3 Å². The maximum atomic E-state index is 12.2. The standard InChI is InChI=1S/C11H20N2O3S2/c1-4-16-9(3)6-13-18(14,15)11-8(2)7-17-10(11)5-12/h7,9,13H,4-6,12H2,1-3H3. The lowest BCUT2D eigenvalue weighted by Gasteiger charge is -2.13. The van der Waals surface area contributed by atoms with E-state index in [-0.39, 0.29) is 19.2 Å². The van der Waals surface area contributed by atoms with E-state index in [9.17, 15) is 8.42 Å². The van der Waals surface area contributed by atoms with E-state index < -0.39 is 10.0 Å². The summed E-state index contributed by atoms with van der Waals surface area (Å²) in [6.45, 7) is 6.53. The summed E-state index contributed by atoms with van der Waals surface area (Å²) >= 11 is 1.37. The van der Waals surface area contributed by atoms with E-state index >= 15 is 0 Å². The van der Waals surface area contributed by atoms with Gasteiger partial charge in [-0.3, -0.25) is 0 Å². The molecule has 1 aromatic heterocycles. The highest BCUT2D eigenvalue weighted by atomic mass is 32.2. The molecule has 18 heavy (non-hydrogen) atoms. The van der Waals surface area contributed by atoms with Gasteiger partial charge in [0.1, 0.15) is 4.90 Å². The molecule has 5 nitrogen and oxygen atoms in total. The van der Waals surface area contributed by atoms with Crippen molar-refractivity contribution >= 4 is 21.4 Å². The molecule has 3 N–H and O–H groups in total. The lowest BCUT2D eigenvalue weighted by atomic mass is 10.3. The third kappa shape index (κ3) is 3.76. The summed E-state index contributed by atoms with van der Waals surface area (Å²) in [6, 6.07) is 0. The first-order chi connectivity index (χ1) is 8.42. The predicted molar refractivity (Wildman–Crippen MR) is 73.2 cm³/mol. The fourth-order valence-corrected chi connectivity index (χ4v) is 4.45. The van der Waals surface area contributed by atoms with Crippen LogP contribution in [0, 0.1) is 6.92 Å². The first-order valence-corrected chi connectivity index (χ1v) is 8.17. The van der Waals surface area contributed by atoms with Crippen molar-refractivity contribution in [3.8, 4) is 0 Å². The molecule has 0 bridgehead atoms. The first-order valence-electron chi connectivity index (χ1n) is 5.80. The predicted octanol–water partition coefficient (Wildman–Crippen LogP) is 1.22. The van der Waals surface area contributed by atoms with Crippen molar-refractivity contribution in [2.24, 2.45) is 5.73 Å². The molecule has 1 heterocycles. The lowest BCUT2D eigenvalue weighted by Crippen LogP contribution is -2.32. The van der Waals surface area contributed by atoms with E-state index in [1.807, 2.05) is 19.2 Å². The topological polar surface area (TPSA) is 81.4 Å². The minimum absolute atomic E-state index is 0.148. The Morgan fingerprint density at radius 3 is 2.78 bits per heavy atom. The number of aryl methyl sites for hydroxylation is 1. The quantitative estimate of drug-likeness (QED) is 0.791. The molecule has 0 spiro atoms. The summed E-state index contributed by atoms with van der Waals surface area (Å²) in [4.78, 5) is 1.00. The molecule has 0 aliphatic carbocycles. The Balaban J connectivity index is 2.83. The smallest absolute Gasteiger partial charge is 0.242 e. The van der Waals surface area contributed by atoms with Crippen molar-refractivity contribution in [2.75, 3.05) is 13.2 Å². The van der Waals surface area contributed by atoms with Crippen LogP contribution in [0.4, 0.5) is 0 Å². The number of thiophene rings is 1. The number of nitrogens with one attached hydrogen (secondary N) is 1. The van der Waals surface area contributed by atoms with E-state index in [2.05, 4.69) is 4.72 Å². The van der Waals surface area contributed by atoms with E-state index in [4.69, 9.17) is 10.5 Å². The largest absolute Gasteiger partial charge is 0.377 e. The van der Waals surface area contributed by atoms with E-state index in [0.29, 0.717) is 16.4 Å². The Morgan fingerprint density at radius 2 is 2.22 bits per heavy atom. The number of rotatable bonds is 7. The van der Waals surface area contributed by atoms with Gasteiger partial charge in [-0.05, 0) is 31.7 Å². The molecule has 0 amide bonds. The third-order valence-electron chi connectivity index (χ3n) is 2.46. The minimum Gasteiger partial charge on any atom is -0.377 e. The van der Waals surface area contributed by atoms with Gasteiger partial charge < -0.3 is 10.5 Å². The van der Waals surface area contributed by atoms with Crippen molar-refractivity contribution in [1.82, 2.24) is 4.72 Å². The molecule has 0 aliphatic heterocycles. The third-order valence-corrected chi connectivity index (χ3v) is 5.36. The van der Waals surface area contributed by atoms with Gasteiger partial charge in [0.15, 0.2) is 0 Å². The summed E-state index contributed by atoms with van der Waals surface area (Å²) in [7, 11) is -3.50. The molecule has 104 valence electrons. The highest BCUT2D eigenvalue weighted by molar-refractivity contribution is 7.89. The highest BCUT2D eigenvalue weighted by Crippen LogP contribution is 2.26. The Hall–Kier alpha value is -0.470. The van der Waals surface area contributed by atoms with Gasteiger partial charge in [-0.2, -0.15) is 0 Å². The van der Waals surface area contributed by atoms with Crippen LogP contribution in [0.25, 0.3) is 0 Å². The fourth-order valence-electron chi connectivity index (χ4n) is 1.63. The van der Waals surface area contributed by atoms with Crippen molar-refractivity contribution < 1.29 is 13.2 Å². The number of nitrogens with two attached hydrogens (primary N) is 1. The van der Waals surface area contributed by atoms with Crippen LogP contribution in [-0.4, -0.2) is 27.7 Å². The van der Waals surface area contributed by atoms with Gasteiger partial charge in [0.05, 0.1) is 6.10 Å². The van der Waals surface area contributed by atoms with Gasteiger partial charge in [-0.1, -0.05) is 0 Å². The number of ether oxygens (including phenoxy) is 1. The zero-order valence-corrected chi connectivity index (χ0v) is 12.5. The molecule has 0 aromatic carbocycles. The van der Waals surface area contributed by atoms with Gasteiger partial charge in [-0.25, -0.2) is 13.1 Å². The van der Waals surface area contributed by atoms with Crippen LogP contribution in [0.2, 0.25) is 0 Å². The summed E-state index contributed by atoms with van der Waals surface area (Å²) in [5, 5.41) is 1.81. The van der Waals surface area contributed by atoms with Gasteiger partial charge >= 0.3 is 0 Å². The maximum Gasteiger partial charge on any atom is 0.242 e. The Morgan fingerprint density at radius 1 is 1.56 bits per heavy atom. The zero-order valence-electron chi connectivity index (χ0n) is 10.9. The average molecular weight is 292 g/mol. The molecular formula is C11H20N2O3S2. The second-order valence-electron chi connectivity index (χ2n) is 3.99. The first kappa shape index (κ1) is 15.6. The monoisotopic (exact) mass is 292 g/mol. The van der Waals surface area contributed by atoms with Crippen LogP contribution in [0.15, 0.2) is 10.3 Å². The molecule has 1 atom stereocenters. The molecule has 0 radical (unpaired) electrons. The Bertz CT molecular complexity index is 482. The maximum absolute atomic E-state index is 12.2. The summed E-state index contributed by atoms with van der Waals surface area (Å²) in [6.07, 6.45) is -0.148. The molecule has 0 saturated heterocycles. The van der Waals surface area contributed by atoms with Crippen molar-refractivity contribution in [3.05, 3.63) is 15.8 Å². The second kappa shape index (κ2) is 6.63. The molecule has 0 saturated carbocycles. The normalized spacial score (nSPS) is 13.8. The van der Waals surface area contributed by atoms with Crippen LogP contribution < -0.4 is 10.5 Å². The van der Waals surface area contributed by atoms with Gasteiger partial charge in [0, 0.05) is 24.6 Å². The summed E-state index contributed by atoms with van der Waals surface area (Å²) in [5.74, 6) is 0. The van der Waals surface area contributed by atoms with Crippen LogP contribution in [0.3, 0.4) is 0 Å². The molecule has 0 aliphatic rings. The summed E-state index contributed by atoms with van der Waals surface area (Å²) in [5.41, 5.74) is 6.29. The van der Waals surface area contributed by atoms with E-state index in [0.717, 1.165) is 5.56 Å². The van der Waals surface area contributed by atoms with Crippen molar-refractivity contribution in [2.45, 2.75) is 38.3 Å². The SMILES string of the molecule is CCOC(C)CNS(=O)(=O)c1c(C)csc1CN. The van der Waals surface area contributed by atoms with Crippen LogP contribution >= 0.6 is 11.3 Å². The van der Waals surface area contributed by atoms with Crippen LogP contribution in [0.5, 0.6) is 0 Å². The highest BCUT2D eigenvalue weighted by Gasteiger charge is 2.22. The molecular weight excluding hydrogens is 272 g/mol. The van der Waals surface area contributed by atoms with Crippen LogP contribution in [-0.2, 0) is 21.3 Å². The second-order valence-corrected chi connectivity index (χ2v) is 6.66. The molecule has 7 heteroatoms. The van der Waals surface area contributed by atoms with Crippen molar-refractivity contribution in [3.63, 3.8) is 0 Å². The molecule has 0 fully saturated rings. The number of hydrogen-bond acceptors (Lipinski definition) is 5. The zero-order chi connectivity index (χ0) is 13.8. The Labute approximate surface area is 112 Å². The van der Waals surface area contributed by atoms with E-state index in [1.54, 1.807) is 6.92 Å². The lowest BCUT2D eigenvalue weighted by molar-refractivity contribution is 0.0799. The number of sulfonamides is 1. The molecule has 1 unspecified atom stereocenters. The van der Waals surface area contributed by atoms with Gasteiger partial charge in [0.25, 0.3) is 0 Å². The molecule has 1 aromatic rings. The minimum atomic E-state index is -3.50.